The molecular formula is C24H23N5O2. The maximum Gasteiger partial charge on any atom is 0.248 e. The molecule has 31 heavy (non-hydrogen) atoms. The summed E-state index contributed by atoms with van der Waals surface area (Å²) in [6.45, 7) is 1.55. The Morgan fingerprint density at radius 1 is 1.06 bits per heavy atom. The van der Waals surface area contributed by atoms with Crippen LogP contribution in [0.2, 0.25) is 0 Å². The van der Waals surface area contributed by atoms with Gasteiger partial charge in [-0.15, -0.1) is 0 Å². The number of amides is 2. The van der Waals surface area contributed by atoms with E-state index >= 15 is 0 Å². The lowest BCUT2D eigenvalue weighted by molar-refractivity contribution is -0.116. The number of carbonyl (C=O) groups excluding carboxylic acids is 2. The van der Waals surface area contributed by atoms with E-state index in [0.29, 0.717) is 11.4 Å². The highest BCUT2D eigenvalue weighted by atomic mass is 16.2. The molecule has 0 saturated heterocycles. The van der Waals surface area contributed by atoms with Crippen molar-refractivity contribution in [1.82, 2.24) is 9.55 Å². The maximum atomic E-state index is 11.7. The molecule has 0 atom stereocenters. The van der Waals surface area contributed by atoms with Crippen molar-refractivity contribution in [2.24, 2.45) is 12.8 Å². The van der Waals surface area contributed by atoms with E-state index in [1.807, 2.05) is 43.6 Å². The lowest BCUT2D eigenvalue weighted by Gasteiger charge is -2.16. The van der Waals surface area contributed by atoms with Crippen molar-refractivity contribution in [1.29, 1.82) is 0 Å². The van der Waals surface area contributed by atoms with Gasteiger partial charge in [0.25, 0.3) is 0 Å². The third-order valence-electron chi connectivity index (χ3n) is 5.37. The summed E-state index contributed by atoms with van der Waals surface area (Å²) in [5, 5.41) is 4.27. The molecule has 0 saturated carbocycles. The summed E-state index contributed by atoms with van der Waals surface area (Å²) in [4.78, 5) is 29.1. The summed E-state index contributed by atoms with van der Waals surface area (Å²) < 4.78 is 2.10. The first-order valence-corrected chi connectivity index (χ1v) is 9.80. The summed E-state index contributed by atoms with van der Waals surface area (Å²) in [6.07, 6.45) is 1.82. The molecule has 2 amide bonds. The normalized spacial score (nSPS) is 10.8. The third-order valence-corrected chi connectivity index (χ3v) is 5.37. The van der Waals surface area contributed by atoms with E-state index in [9.17, 15) is 9.59 Å². The lowest BCUT2D eigenvalue weighted by atomic mass is 10.1. The average molecular weight is 413 g/mol. The van der Waals surface area contributed by atoms with E-state index in [-0.39, 0.29) is 5.91 Å². The predicted octanol–water partition coefficient (Wildman–Crippen LogP) is 4.07. The molecule has 0 radical (unpaired) electrons. The number of pyridine rings is 1. The SMILES string of the molecule is CC(=O)N(C)c1cccc(-c2cc3cnc(Nc4ccc(C(N)=O)cc4)cc3n2C)c1. The van der Waals surface area contributed by atoms with Crippen LogP contribution in [0, 0.1) is 0 Å². The van der Waals surface area contributed by atoms with Crippen molar-refractivity contribution >= 4 is 39.9 Å². The van der Waals surface area contributed by atoms with Gasteiger partial charge in [-0.3, -0.25) is 9.59 Å². The number of nitrogens with two attached hydrogens (primary N) is 1. The van der Waals surface area contributed by atoms with Gasteiger partial charge in [0.05, 0.1) is 5.52 Å². The van der Waals surface area contributed by atoms with Crippen molar-refractivity contribution in [2.75, 3.05) is 17.3 Å². The van der Waals surface area contributed by atoms with E-state index in [1.165, 1.54) is 0 Å². The van der Waals surface area contributed by atoms with Gasteiger partial charge in [0.1, 0.15) is 5.82 Å². The quantitative estimate of drug-likeness (QED) is 0.516. The van der Waals surface area contributed by atoms with Crippen LogP contribution in [-0.4, -0.2) is 28.4 Å². The van der Waals surface area contributed by atoms with Crippen LogP contribution >= 0.6 is 0 Å². The zero-order valence-electron chi connectivity index (χ0n) is 17.6. The summed E-state index contributed by atoms with van der Waals surface area (Å²) >= 11 is 0. The Bertz CT molecular complexity index is 1290. The first kappa shape index (κ1) is 20.2. The minimum absolute atomic E-state index is 0.0158. The Labute approximate surface area is 180 Å². The summed E-state index contributed by atoms with van der Waals surface area (Å²) in [6, 6.07) is 18.9. The van der Waals surface area contributed by atoms with Gasteiger partial charge in [0.2, 0.25) is 11.8 Å². The van der Waals surface area contributed by atoms with Crippen LogP contribution in [0.25, 0.3) is 22.2 Å². The van der Waals surface area contributed by atoms with Gasteiger partial charge in [-0.2, -0.15) is 0 Å². The number of nitrogens with zero attached hydrogens (tertiary/aromatic N) is 3. The molecule has 7 nitrogen and oxygen atoms in total. The van der Waals surface area contributed by atoms with Crippen molar-refractivity contribution in [3.63, 3.8) is 0 Å². The number of hydrogen-bond donors (Lipinski definition) is 2. The molecule has 2 heterocycles. The Kier molecular flexibility index (Phi) is 5.17. The molecule has 0 spiro atoms. The maximum absolute atomic E-state index is 11.7. The molecule has 0 bridgehead atoms. The summed E-state index contributed by atoms with van der Waals surface area (Å²) in [5.74, 6) is 0.219. The number of anilines is 3. The first-order valence-electron chi connectivity index (χ1n) is 9.80. The average Bonchev–Trinajstić information content (AvgIpc) is 3.09. The number of carbonyl (C=O) groups is 2. The largest absolute Gasteiger partial charge is 0.366 e. The first-order chi connectivity index (χ1) is 14.8. The van der Waals surface area contributed by atoms with Crippen LogP contribution < -0.4 is 16.0 Å². The fraction of sp³-hybridized carbons (Fsp3) is 0.125. The minimum atomic E-state index is -0.457. The van der Waals surface area contributed by atoms with Gasteiger partial charge in [-0.05, 0) is 42.5 Å². The van der Waals surface area contributed by atoms with E-state index in [1.54, 1.807) is 43.1 Å². The van der Waals surface area contributed by atoms with Crippen LogP contribution in [0.1, 0.15) is 17.3 Å². The Morgan fingerprint density at radius 2 is 1.81 bits per heavy atom. The van der Waals surface area contributed by atoms with Crippen molar-refractivity contribution < 1.29 is 9.59 Å². The second-order valence-electron chi connectivity index (χ2n) is 7.41. The Morgan fingerprint density at radius 3 is 2.48 bits per heavy atom. The number of hydrogen-bond acceptors (Lipinski definition) is 4. The summed E-state index contributed by atoms with van der Waals surface area (Å²) in [5.41, 5.74) is 10.5. The molecule has 4 rings (SSSR count). The number of aryl methyl sites for hydroxylation is 1. The van der Waals surface area contributed by atoms with Gasteiger partial charge in [0.15, 0.2) is 0 Å². The van der Waals surface area contributed by atoms with Crippen molar-refractivity contribution in [3.8, 4) is 11.3 Å². The number of rotatable bonds is 5. The molecule has 7 heteroatoms. The topological polar surface area (TPSA) is 93.2 Å². The van der Waals surface area contributed by atoms with Crippen molar-refractivity contribution in [3.05, 3.63) is 72.4 Å². The van der Waals surface area contributed by atoms with Gasteiger partial charge in [-0.1, -0.05) is 12.1 Å². The third kappa shape index (κ3) is 3.98. The molecule has 2 aromatic carbocycles. The monoisotopic (exact) mass is 413 g/mol. The van der Waals surface area contributed by atoms with Gasteiger partial charge < -0.3 is 20.5 Å². The van der Waals surface area contributed by atoms with Crippen LogP contribution in [0.3, 0.4) is 0 Å². The highest BCUT2D eigenvalue weighted by molar-refractivity contribution is 5.94. The van der Waals surface area contributed by atoms with Crippen LogP contribution in [-0.2, 0) is 11.8 Å². The molecule has 156 valence electrons. The minimum Gasteiger partial charge on any atom is -0.366 e. The van der Waals surface area contributed by atoms with Gasteiger partial charge in [0, 0.05) is 66.9 Å². The Hall–Kier alpha value is -4.13. The number of fused-ring (bicyclic) bond motifs is 1. The smallest absolute Gasteiger partial charge is 0.248 e. The van der Waals surface area contributed by atoms with E-state index < -0.39 is 5.91 Å². The molecule has 3 N–H and O–H groups in total. The van der Waals surface area contributed by atoms with Gasteiger partial charge in [-0.25, -0.2) is 4.98 Å². The highest BCUT2D eigenvalue weighted by Gasteiger charge is 2.12. The number of benzene rings is 2. The van der Waals surface area contributed by atoms with E-state index in [0.717, 1.165) is 33.5 Å². The fourth-order valence-corrected chi connectivity index (χ4v) is 3.50. The molecule has 0 aliphatic carbocycles. The van der Waals surface area contributed by atoms with E-state index in [2.05, 4.69) is 20.9 Å². The van der Waals surface area contributed by atoms with Crippen LogP contribution in [0.5, 0.6) is 0 Å². The zero-order valence-corrected chi connectivity index (χ0v) is 17.6. The molecule has 2 aromatic heterocycles. The summed E-state index contributed by atoms with van der Waals surface area (Å²) in [7, 11) is 3.77. The van der Waals surface area contributed by atoms with E-state index in [4.69, 9.17) is 5.73 Å². The second kappa shape index (κ2) is 7.95. The molecule has 0 fully saturated rings. The number of nitrogens with one attached hydrogen (secondary N) is 1. The fourth-order valence-electron chi connectivity index (χ4n) is 3.50. The standard InChI is InChI=1S/C24H23N5O2/c1-15(30)28(2)20-6-4-5-17(11-20)21-12-18-14-26-23(13-22(18)29(21)3)27-19-9-7-16(8-10-19)24(25)31/h4-14H,1-3H3,(H2,25,31)(H,26,27). The van der Waals surface area contributed by atoms with Crippen molar-refractivity contribution in [2.45, 2.75) is 6.92 Å². The van der Waals surface area contributed by atoms with Crippen LogP contribution in [0.4, 0.5) is 17.2 Å². The molecule has 0 aliphatic rings. The Balaban J connectivity index is 1.66. The second-order valence-corrected chi connectivity index (χ2v) is 7.41. The molecule has 0 unspecified atom stereocenters. The molecular weight excluding hydrogens is 390 g/mol. The number of primary amides is 1. The molecule has 4 aromatic rings. The van der Waals surface area contributed by atoms with Gasteiger partial charge >= 0.3 is 0 Å². The van der Waals surface area contributed by atoms with Crippen LogP contribution in [0.15, 0.2) is 66.9 Å². The number of aromatic nitrogens is 2. The lowest BCUT2D eigenvalue weighted by Crippen LogP contribution is -2.22. The molecule has 0 aliphatic heterocycles. The zero-order chi connectivity index (χ0) is 22.1. The predicted molar refractivity (Wildman–Crippen MR) is 123 cm³/mol. The highest BCUT2D eigenvalue weighted by Crippen LogP contribution is 2.30.